The van der Waals surface area contributed by atoms with Crippen LogP contribution < -0.4 is 0 Å². The average Bonchev–Trinajstić information content (AvgIpc) is 3.14. The standard InChI is InChI=1S/C20H15BrN2O3/c1-12(24)18-13(2)26-20(23-11-14-5-7-15(21)8-6-14)16(10-22)19(18)17-4-3-9-25-17/h3-9,11,19H,1-2H3/b23-11+. The molecule has 1 aromatic carbocycles. The Kier molecular flexibility index (Phi) is 5.19. The monoisotopic (exact) mass is 410 g/mol. The molecule has 1 atom stereocenters. The molecule has 130 valence electrons. The molecule has 0 amide bonds. The Bertz CT molecular complexity index is 961. The van der Waals surface area contributed by atoms with E-state index < -0.39 is 5.92 Å². The van der Waals surface area contributed by atoms with E-state index in [4.69, 9.17) is 9.15 Å². The molecule has 0 saturated heterocycles. The van der Waals surface area contributed by atoms with E-state index in [1.165, 1.54) is 13.2 Å². The number of Topliss-reactive ketones (excluding diaryl/α,β-unsaturated/α-hetero) is 1. The number of ether oxygens (including phenoxy) is 1. The molecule has 0 N–H and O–H groups in total. The number of hydrogen-bond acceptors (Lipinski definition) is 5. The summed E-state index contributed by atoms with van der Waals surface area (Å²) in [5, 5.41) is 9.71. The molecule has 3 rings (SSSR count). The van der Waals surface area contributed by atoms with Gasteiger partial charge in [0.1, 0.15) is 23.2 Å². The van der Waals surface area contributed by atoms with Crippen LogP contribution in [0.3, 0.4) is 0 Å². The van der Waals surface area contributed by atoms with E-state index in [9.17, 15) is 10.1 Å². The molecule has 26 heavy (non-hydrogen) atoms. The van der Waals surface area contributed by atoms with Gasteiger partial charge in [0.2, 0.25) is 5.88 Å². The van der Waals surface area contributed by atoms with Gasteiger partial charge in [-0.15, -0.1) is 0 Å². The first-order valence-electron chi connectivity index (χ1n) is 7.88. The van der Waals surface area contributed by atoms with Crippen molar-refractivity contribution in [1.29, 1.82) is 5.26 Å². The van der Waals surface area contributed by atoms with Gasteiger partial charge in [0, 0.05) is 16.3 Å². The van der Waals surface area contributed by atoms with Crippen LogP contribution in [0, 0.1) is 11.3 Å². The van der Waals surface area contributed by atoms with Gasteiger partial charge in [-0.1, -0.05) is 28.1 Å². The minimum atomic E-state index is -0.627. The molecule has 6 heteroatoms. The summed E-state index contributed by atoms with van der Waals surface area (Å²) < 4.78 is 12.1. The molecule has 1 aromatic heterocycles. The zero-order chi connectivity index (χ0) is 18.7. The third kappa shape index (κ3) is 3.53. The molecular weight excluding hydrogens is 396 g/mol. The van der Waals surface area contributed by atoms with E-state index in [1.54, 1.807) is 25.3 Å². The number of aliphatic imine (C=N–C) groups is 1. The van der Waals surface area contributed by atoms with Gasteiger partial charge in [0.05, 0.1) is 12.2 Å². The second kappa shape index (κ2) is 7.54. The summed E-state index contributed by atoms with van der Waals surface area (Å²) in [4.78, 5) is 16.5. The van der Waals surface area contributed by atoms with Crippen LogP contribution in [0.25, 0.3) is 0 Å². The van der Waals surface area contributed by atoms with Crippen LogP contribution in [0.5, 0.6) is 0 Å². The van der Waals surface area contributed by atoms with Crippen molar-refractivity contribution in [3.8, 4) is 6.07 Å². The Hall–Kier alpha value is -2.91. The first-order chi connectivity index (χ1) is 12.5. The SMILES string of the molecule is CC(=O)C1=C(C)OC(/N=C/c2ccc(Br)cc2)=C(C#N)C1c1ccco1. The summed E-state index contributed by atoms with van der Waals surface area (Å²) in [5.41, 5.74) is 1.50. The molecular formula is C20H15BrN2O3. The fourth-order valence-electron chi connectivity index (χ4n) is 2.81. The second-order valence-electron chi connectivity index (χ2n) is 5.72. The number of nitriles is 1. The van der Waals surface area contributed by atoms with Crippen molar-refractivity contribution in [2.45, 2.75) is 19.8 Å². The molecule has 1 aliphatic heterocycles. The minimum Gasteiger partial charge on any atom is -0.468 e. The number of carbonyl (C=O) groups excluding carboxylic acids is 1. The molecule has 5 nitrogen and oxygen atoms in total. The normalized spacial score (nSPS) is 17.4. The van der Waals surface area contributed by atoms with Crippen LogP contribution in [0.1, 0.15) is 31.1 Å². The van der Waals surface area contributed by atoms with Crippen LogP contribution in [0.15, 0.2) is 79.3 Å². The number of rotatable bonds is 4. The number of furan rings is 1. The van der Waals surface area contributed by atoms with Gasteiger partial charge in [-0.3, -0.25) is 4.79 Å². The first kappa shape index (κ1) is 17.9. The summed E-state index contributed by atoms with van der Waals surface area (Å²) >= 11 is 3.38. The van der Waals surface area contributed by atoms with Gasteiger partial charge < -0.3 is 9.15 Å². The van der Waals surface area contributed by atoms with E-state index in [-0.39, 0.29) is 17.2 Å². The molecule has 2 heterocycles. The number of hydrogen-bond donors (Lipinski definition) is 0. The van der Waals surface area contributed by atoms with Crippen LogP contribution in [-0.2, 0) is 9.53 Å². The van der Waals surface area contributed by atoms with Crippen molar-refractivity contribution >= 4 is 27.9 Å². The number of allylic oxidation sites excluding steroid dienone is 3. The van der Waals surface area contributed by atoms with E-state index in [0.29, 0.717) is 17.1 Å². The Morgan fingerprint density at radius 1 is 1.31 bits per heavy atom. The van der Waals surface area contributed by atoms with E-state index in [2.05, 4.69) is 27.0 Å². The third-order valence-corrected chi connectivity index (χ3v) is 4.49. The maximum atomic E-state index is 12.1. The zero-order valence-electron chi connectivity index (χ0n) is 14.2. The van der Waals surface area contributed by atoms with Gasteiger partial charge in [0.25, 0.3) is 0 Å². The van der Waals surface area contributed by atoms with Crippen molar-refractivity contribution in [3.05, 3.63) is 81.2 Å². The van der Waals surface area contributed by atoms with Crippen molar-refractivity contribution in [3.63, 3.8) is 0 Å². The van der Waals surface area contributed by atoms with Crippen molar-refractivity contribution < 1.29 is 13.9 Å². The number of benzene rings is 1. The third-order valence-electron chi connectivity index (χ3n) is 3.97. The lowest BCUT2D eigenvalue weighted by atomic mass is 9.85. The molecule has 0 radical (unpaired) electrons. The molecule has 0 fully saturated rings. The predicted molar refractivity (Wildman–Crippen MR) is 100 cm³/mol. The zero-order valence-corrected chi connectivity index (χ0v) is 15.8. The summed E-state index contributed by atoms with van der Waals surface area (Å²) in [6.45, 7) is 3.14. The number of carbonyl (C=O) groups is 1. The highest BCUT2D eigenvalue weighted by Crippen LogP contribution is 2.40. The lowest BCUT2D eigenvalue weighted by Crippen LogP contribution is -2.19. The quantitative estimate of drug-likeness (QED) is 0.673. The van der Waals surface area contributed by atoms with E-state index in [0.717, 1.165) is 10.0 Å². The topological polar surface area (TPSA) is 75.6 Å². The highest BCUT2D eigenvalue weighted by atomic mass is 79.9. The Morgan fingerprint density at radius 2 is 2.04 bits per heavy atom. The van der Waals surface area contributed by atoms with Crippen LogP contribution in [0.2, 0.25) is 0 Å². The van der Waals surface area contributed by atoms with Gasteiger partial charge in [-0.05, 0) is 43.7 Å². The highest BCUT2D eigenvalue weighted by Gasteiger charge is 2.36. The minimum absolute atomic E-state index is 0.166. The maximum Gasteiger partial charge on any atom is 0.233 e. The maximum absolute atomic E-state index is 12.1. The smallest absolute Gasteiger partial charge is 0.233 e. The summed E-state index contributed by atoms with van der Waals surface area (Å²) in [5.74, 6) is 0.289. The van der Waals surface area contributed by atoms with Crippen LogP contribution >= 0.6 is 15.9 Å². The molecule has 1 aliphatic rings. The first-order valence-corrected chi connectivity index (χ1v) is 8.67. The summed E-state index contributed by atoms with van der Waals surface area (Å²) in [6, 6.07) is 13.1. The van der Waals surface area contributed by atoms with Crippen molar-refractivity contribution in [1.82, 2.24) is 0 Å². The van der Waals surface area contributed by atoms with E-state index in [1.807, 2.05) is 24.3 Å². The lowest BCUT2D eigenvalue weighted by molar-refractivity contribution is -0.114. The Labute approximate surface area is 159 Å². The molecule has 1 unspecified atom stereocenters. The molecule has 0 saturated carbocycles. The van der Waals surface area contributed by atoms with Gasteiger partial charge in [0.15, 0.2) is 5.78 Å². The van der Waals surface area contributed by atoms with Crippen LogP contribution in [-0.4, -0.2) is 12.0 Å². The Balaban J connectivity index is 2.06. The average molecular weight is 411 g/mol. The van der Waals surface area contributed by atoms with E-state index >= 15 is 0 Å². The van der Waals surface area contributed by atoms with Crippen LogP contribution in [0.4, 0.5) is 0 Å². The number of ketones is 1. The fourth-order valence-corrected chi connectivity index (χ4v) is 3.07. The number of nitrogens with zero attached hydrogens (tertiary/aromatic N) is 2. The summed E-state index contributed by atoms with van der Waals surface area (Å²) in [7, 11) is 0. The largest absolute Gasteiger partial charge is 0.468 e. The lowest BCUT2D eigenvalue weighted by Gasteiger charge is -2.24. The molecule has 0 aliphatic carbocycles. The Morgan fingerprint density at radius 3 is 2.62 bits per heavy atom. The molecule has 0 bridgehead atoms. The van der Waals surface area contributed by atoms with Gasteiger partial charge in [-0.2, -0.15) is 5.26 Å². The second-order valence-corrected chi connectivity index (χ2v) is 6.63. The molecule has 2 aromatic rings. The van der Waals surface area contributed by atoms with Crippen molar-refractivity contribution in [2.75, 3.05) is 0 Å². The van der Waals surface area contributed by atoms with Crippen molar-refractivity contribution in [2.24, 2.45) is 4.99 Å². The summed E-state index contributed by atoms with van der Waals surface area (Å²) in [6.07, 6.45) is 3.13. The highest BCUT2D eigenvalue weighted by molar-refractivity contribution is 9.10. The van der Waals surface area contributed by atoms with Gasteiger partial charge in [-0.25, -0.2) is 4.99 Å². The molecule has 0 spiro atoms. The fraction of sp³-hybridized carbons (Fsp3) is 0.150. The van der Waals surface area contributed by atoms with Gasteiger partial charge >= 0.3 is 0 Å². The predicted octanol–water partition coefficient (Wildman–Crippen LogP) is 4.87. The number of halogens is 1.